The Morgan fingerprint density at radius 2 is 2.20 bits per heavy atom. The van der Waals surface area contributed by atoms with Gasteiger partial charge in [-0.15, -0.1) is 5.10 Å². The maximum atomic E-state index is 12.4. The molecule has 0 saturated heterocycles. The maximum Gasteiger partial charge on any atom is 0.352 e. The van der Waals surface area contributed by atoms with Crippen LogP contribution in [-0.2, 0) is 17.9 Å². The van der Waals surface area contributed by atoms with Crippen LogP contribution in [0.5, 0.6) is 0 Å². The van der Waals surface area contributed by atoms with Gasteiger partial charge in [0.15, 0.2) is 5.65 Å². The first kappa shape index (κ1) is 15.4. The predicted octanol–water partition coefficient (Wildman–Crippen LogP) is 1.61. The molecule has 25 heavy (non-hydrogen) atoms. The van der Waals surface area contributed by atoms with E-state index >= 15 is 0 Å². The maximum absolute atomic E-state index is 12.4. The second kappa shape index (κ2) is 6.06. The van der Waals surface area contributed by atoms with E-state index in [1.807, 2.05) is 0 Å². The van der Waals surface area contributed by atoms with Gasteiger partial charge in [-0.2, -0.15) is 0 Å². The summed E-state index contributed by atoms with van der Waals surface area (Å²) >= 11 is 5.96. The van der Waals surface area contributed by atoms with Crippen LogP contribution in [0, 0.1) is 0 Å². The first-order chi connectivity index (χ1) is 12.1. The molecule has 1 aromatic carbocycles. The molecule has 0 atom stereocenters. The lowest BCUT2D eigenvalue weighted by Crippen LogP contribution is -2.32. The molecule has 0 fully saturated rings. The zero-order valence-corrected chi connectivity index (χ0v) is 13.6. The van der Waals surface area contributed by atoms with Crippen LogP contribution in [0.25, 0.3) is 16.6 Å². The van der Waals surface area contributed by atoms with Crippen molar-refractivity contribution < 1.29 is 9.21 Å². The molecule has 0 radical (unpaired) electrons. The Morgan fingerprint density at radius 1 is 1.32 bits per heavy atom. The Hall–Kier alpha value is -3.13. The summed E-state index contributed by atoms with van der Waals surface area (Å²) in [4.78, 5) is 28.7. The van der Waals surface area contributed by atoms with Crippen molar-refractivity contribution in [1.29, 1.82) is 0 Å². The Bertz CT molecular complexity index is 1130. The molecular weight excluding hydrogens is 346 g/mol. The number of carbonyl (C=O) groups excluding carboxylic acids is 1. The zero-order valence-electron chi connectivity index (χ0n) is 12.8. The van der Waals surface area contributed by atoms with Gasteiger partial charge in [0.1, 0.15) is 18.6 Å². The Balaban J connectivity index is 1.63. The van der Waals surface area contributed by atoms with Gasteiger partial charge < -0.3 is 9.73 Å². The van der Waals surface area contributed by atoms with E-state index in [2.05, 4.69) is 15.4 Å². The number of fused-ring (bicyclic) bond motifs is 3. The van der Waals surface area contributed by atoms with Gasteiger partial charge in [0.2, 0.25) is 5.91 Å². The average molecular weight is 358 g/mol. The van der Waals surface area contributed by atoms with Gasteiger partial charge in [0.05, 0.1) is 18.3 Å². The molecule has 0 aliphatic rings. The van der Waals surface area contributed by atoms with Crippen molar-refractivity contribution in [2.45, 2.75) is 13.1 Å². The molecule has 0 saturated carbocycles. The number of halogens is 1. The van der Waals surface area contributed by atoms with Crippen molar-refractivity contribution in [3.8, 4) is 0 Å². The van der Waals surface area contributed by atoms with E-state index in [9.17, 15) is 9.59 Å². The van der Waals surface area contributed by atoms with Crippen molar-refractivity contribution in [1.82, 2.24) is 24.5 Å². The summed E-state index contributed by atoms with van der Waals surface area (Å²) in [5.41, 5.74) is 0.609. The third-order valence-corrected chi connectivity index (χ3v) is 3.95. The topological polar surface area (TPSA) is 94.4 Å². The van der Waals surface area contributed by atoms with E-state index in [1.165, 1.54) is 17.0 Å². The first-order valence-electron chi connectivity index (χ1n) is 7.44. The normalized spacial score (nSPS) is 11.2. The van der Waals surface area contributed by atoms with Gasteiger partial charge in [-0.05, 0) is 30.3 Å². The number of carbonyl (C=O) groups is 1. The second-order valence-electron chi connectivity index (χ2n) is 5.40. The second-order valence-corrected chi connectivity index (χ2v) is 5.83. The van der Waals surface area contributed by atoms with E-state index in [4.69, 9.17) is 16.0 Å². The Kier molecular flexibility index (Phi) is 3.73. The van der Waals surface area contributed by atoms with Gasteiger partial charge in [-0.25, -0.2) is 18.9 Å². The van der Waals surface area contributed by atoms with E-state index in [0.717, 1.165) is 4.68 Å². The molecule has 0 aliphatic heterocycles. The highest BCUT2D eigenvalue weighted by Gasteiger charge is 2.13. The molecule has 3 aromatic heterocycles. The van der Waals surface area contributed by atoms with Crippen LogP contribution in [0.15, 0.2) is 52.1 Å². The third-order valence-electron chi connectivity index (χ3n) is 3.72. The molecule has 9 heteroatoms. The summed E-state index contributed by atoms with van der Waals surface area (Å²) in [6.07, 6.45) is 2.90. The number of benzene rings is 1. The van der Waals surface area contributed by atoms with Gasteiger partial charge in [-0.3, -0.25) is 4.79 Å². The van der Waals surface area contributed by atoms with Crippen molar-refractivity contribution in [3.63, 3.8) is 0 Å². The molecule has 1 amide bonds. The Morgan fingerprint density at radius 3 is 3.00 bits per heavy atom. The van der Waals surface area contributed by atoms with Crippen LogP contribution in [0.1, 0.15) is 5.76 Å². The summed E-state index contributed by atoms with van der Waals surface area (Å²) in [6, 6.07) is 8.62. The number of hydrogen-bond acceptors (Lipinski definition) is 5. The lowest BCUT2D eigenvalue weighted by molar-refractivity contribution is -0.122. The number of hydrogen-bond donors (Lipinski definition) is 1. The minimum absolute atomic E-state index is 0.198. The van der Waals surface area contributed by atoms with Crippen molar-refractivity contribution in [3.05, 3.63) is 64.2 Å². The number of furan rings is 1. The number of nitrogens with zero attached hydrogens (tertiary/aromatic N) is 4. The summed E-state index contributed by atoms with van der Waals surface area (Å²) in [6.45, 7) is 0.0489. The van der Waals surface area contributed by atoms with Gasteiger partial charge in [0, 0.05) is 10.4 Å². The van der Waals surface area contributed by atoms with Gasteiger partial charge >= 0.3 is 5.69 Å². The van der Waals surface area contributed by atoms with Crippen LogP contribution in [0.4, 0.5) is 0 Å². The van der Waals surface area contributed by atoms with Crippen LogP contribution >= 0.6 is 11.6 Å². The minimum Gasteiger partial charge on any atom is -0.467 e. The molecule has 4 aromatic rings. The molecule has 126 valence electrons. The van der Waals surface area contributed by atoms with Crippen molar-refractivity contribution >= 4 is 34.1 Å². The molecule has 0 bridgehead atoms. The highest BCUT2D eigenvalue weighted by Crippen LogP contribution is 2.19. The smallest absolute Gasteiger partial charge is 0.352 e. The van der Waals surface area contributed by atoms with Crippen molar-refractivity contribution in [2.24, 2.45) is 0 Å². The predicted molar refractivity (Wildman–Crippen MR) is 90.3 cm³/mol. The van der Waals surface area contributed by atoms with Gasteiger partial charge in [-0.1, -0.05) is 11.6 Å². The monoisotopic (exact) mass is 357 g/mol. The molecular formula is C16H12ClN5O3. The zero-order chi connectivity index (χ0) is 17.4. The first-order valence-corrected chi connectivity index (χ1v) is 7.82. The Labute approximate surface area is 145 Å². The highest BCUT2D eigenvalue weighted by molar-refractivity contribution is 6.31. The average Bonchev–Trinajstić information content (AvgIpc) is 3.22. The molecule has 8 nitrogen and oxygen atoms in total. The SMILES string of the molecule is O=C(Cn1nc2c3ccc(Cl)cc3ncn2c1=O)NCc1ccco1. The number of aromatic nitrogens is 4. The fraction of sp³-hybridized carbons (Fsp3) is 0.125. The number of amides is 1. The molecule has 3 heterocycles. The molecule has 0 aliphatic carbocycles. The van der Waals surface area contributed by atoms with E-state index in [-0.39, 0.29) is 19.0 Å². The summed E-state index contributed by atoms with van der Waals surface area (Å²) in [5.74, 6) is 0.282. The fourth-order valence-electron chi connectivity index (χ4n) is 2.52. The molecule has 1 N–H and O–H groups in total. The fourth-order valence-corrected chi connectivity index (χ4v) is 2.69. The molecule has 0 unspecified atom stereocenters. The van der Waals surface area contributed by atoms with E-state index in [0.29, 0.717) is 27.3 Å². The quantitative estimate of drug-likeness (QED) is 0.598. The van der Waals surface area contributed by atoms with E-state index < -0.39 is 5.69 Å². The minimum atomic E-state index is -0.438. The lowest BCUT2D eigenvalue weighted by Gasteiger charge is -2.02. The van der Waals surface area contributed by atoms with E-state index in [1.54, 1.807) is 30.3 Å². The summed E-state index contributed by atoms with van der Waals surface area (Å²) in [5, 5.41) is 8.15. The van der Waals surface area contributed by atoms with Gasteiger partial charge in [0.25, 0.3) is 0 Å². The van der Waals surface area contributed by atoms with Crippen LogP contribution in [0.3, 0.4) is 0 Å². The molecule has 4 rings (SSSR count). The molecule has 0 spiro atoms. The van der Waals surface area contributed by atoms with Crippen LogP contribution in [0.2, 0.25) is 5.02 Å². The largest absolute Gasteiger partial charge is 0.467 e. The lowest BCUT2D eigenvalue weighted by atomic mass is 10.2. The van der Waals surface area contributed by atoms with Crippen molar-refractivity contribution in [2.75, 3.05) is 0 Å². The third kappa shape index (κ3) is 2.87. The number of nitrogens with one attached hydrogen (secondary N) is 1. The highest BCUT2D eigenvalue weighted by atomic mass is 35.5. The standard InChI is InChI=1S/C16H12ClN5O3/c17-10-3-4-12-13(6-10)19-9-21-15(12)20-22(16(21)24)8-14(23)18-7-11-2-1-5-25-11/h1-6,9H,7-8H2,(H,18,23). The summed E-state index contributed by atoms with van der Waals surface area (Å²) in [7, 11) is 0. The number of rotatable bonds is 4. The summed E-state index contributed by atoms with van der Waals surface area (Å²) < 4.78 is 7.54. The van der Waals surface area contributed by atoms with Crippen LogP contribution in [-0.4, -0.2) is 25.1 Å². The van der Waals surface area contributed by atoms with Crippen LogP contribution < -0.4 is 11.0 Å².